The van der Waals surface area contributed by atoms with E-state index in [1.54, 1.807) is 6.07 Å². The average molecular weight is 609 g/mol. The summed E-state index contributed by atoms with van der Waals surface area (Å²) in [6, 6.07) is 2.11. The molecule has 3 N–H and O–H groups in total. The van der Waals surface area contributed by atoms with Gasteiger partial charge in [0.2, 0.25) is 11.8 Å². The number of anilines is 1. The Bertz CT molecular complexity index is 1570. The van der Waals surface area contributed by atoms with Crippen molar-refractivity contribution in [1.29, 1.82) is 0 Å². The van der Waals surface area contributed by atoms with Crippen molar-refractivity contribution in [2.24, 2.45) is 5.92 Å². The third kappa shape index (κ3) is 5.43. The van der Waals surface area contributed by atoms with E-state index in [9.17, 15) is 31.5 Å². The number of halogens is 5. The minimum Gasteiger partial charge on any atom is -0.480 e. The number of aromatic nitrogens is 4. The third-order valence-corrected chi connectivity index (χ3v) is 8.26. The molecule has 16 heteroatoms. The molecule has 1 aliphatic carbocycles. The van der Waals surface area contributed by atoms with Crippen molar-refractivity contribution in [2.75, 3.05) is 39.0 Å². The quantitative estimate of drug-likeness (QED) is 0.392. The summed E-state index contributed by atoms with van der Waals surface area (Å²) in [6.07, 6.45) is -0.158. The number of fused-ring (bicyclic) bond motifs is 1. The molecule has 1 saturated carbocycles. The van der Waals surface area contributed by atoms with Gasteiger partial charge in [-0.05, 0) is 17.7 Å². The highest BCUT2D eigenvalue weighted by molar-refractivity contribution is 6.03. The van der Waals surface area contributed by atoms with Crippen LogP contribution in [0.2, 0.25) is 0 Å². The van der Waals surface area contributed by atoms with Crippen molar-refractivity contribution < 1.29 is 36.3 Å². The number of hydrogen-bond acceptors (Lipinski definition) is 8. The fourth-order valence-corrected chi connectivity index (χ4v) is 5.79. The number of amides is 2. The number of hydrogen-bond donors (Lipinski definition) is 2. The van der Waals surface area contributed by atoms with Gasteiger partial charge in [0.15, 0.2) is 5.82 Å². The van der Waals surface area contributed by atoms with E-state index in [1.165, 1.54) is 30.2 Å². The van der Waals surface area contributed by atoms with Crippen molar-refractivity contribution in [3.63, 3.8) is 0 Å². The van der Waals surface area contributed by atoms with E-state index in [2.05, 4.69) is 20.4 Å². The molecule has 6 rings (SSSR count). The van der Waals surface area contributed by atoms with Crippen LogP contribution in [-0.2, 0) is 11.3 Å². The zero-order valence-electron chi connectivity index (χ0n) is 23.1. The molecule has 2 aliphatic heterocycles. The van der Waals surface area contributed by atoms with Gasteiger partial charge in [0.05, 0.1) is 25.4 Å². The number of nitrogens with one attached hydrogen (secondary N) is 1. The summed E-state index contributed by atoms with van der Waals surface area (Å²) < 4.78 is 76.2. The number of methoxy groups -OCH3 is 1. The van der Waals surface area contributed by atoms with Gasteiger partial charge in [-0.2, -0.15) is 5.10 Å². The van der Waals surface area contributed by atoms with E-state index in [0.717, 1.165) is 4.90 Å². The van der Waals surface area contributed by atoms with Gasteiger partial charge in [0, 0.05) is 57.2 Å². The smallest absolute Gasteiger partial charge is 0.260 e. The first-order valence-corrected chi connectivity index (χ1v) is 13.7. The maximum atomic E-state index is 15.0. The Hall–Kier alpha value is -4.08. The number of alkyl halides is 5. The molecule has 0 aromatic carbocycles. The van der Waals surface area contributed by atoms with E-state index in [0.29, 0.717) is 22.3 Å². The van der Waals surface area contributed by atoms with E-state index < -0.39 is 54.8 Å². The van der Waals surface area contributed by atoms with Gasteiger partial charge in [0.25, 0.3) is 17.8 Å². The lowest BCUT2D eigenvalue weighted by Crippen LogP contribution is -2.42. The number of rotatable bonds is 7. The second kappa shape index (κ2) is 10.6. The van der Waals surface area contributed by atoms with Crippen LogP contribution in [0.15, 0.2) is 24.7 Å². The first-order valence-electron chi connectivity index (χ1n) is 13.7. The monoisotopic (exact) mass is 608 g/mol. The summed E-state index contributed by atoms with van der Waals surface area (Å²) in [6.45, 7) is -0.0659. The Kier molecular flexibility index (Phi) is 7.13. The first kappa shape index (κ1) is 29.0. The standard InChI is InChI=1S/C27H29F5N8O3/c1-43-24-20(23(41)37-18-12-39(11-17(18)28)25(42)16-9-27(16,31)32)15(2-5-34-24)19-8-14(21-22(33)35-13-36-40(19)21)10-38-6-3-26(29,30)4-7-38/h2,5,8,13,16-18H,3-4,6-7,9-12H2,1H3,(H,37,41)(H2,33,35,36)/t16?,17-,18+/m0/s1. The number of ether oxygens (including phenoxy) is 1. The summed E-state index contributed by atoms with van der Waals surface area (Å²) >= 11 is 0. The minimum atomic E-state index is -3.09. The first-order chi connectivity index (χ1) is 20.4. The molecule has 230 valence electrons. The maximum Gasteiger partial charge on any atom is 0.260 e. The maximum absolute atomic E-state index is 15.0. The molecule has 43 heavy (non-hydrogen) atoms. The predicted molar refractivity (Wildman–Crippen MR) is 142 cm³/mol. The highest BCUT2D eigenvalue weighted by Crippen LogP contribution is 2.50. The lowest BCUT2D eigenvalue weighted by Gasteiger charge is -2.31. The summed E-state index contributed by atoms with van der Waals surface area (Å²) in [7, 11) is 1.31. The molecule has 5 heterocycles. The van der Waals surface area contributed by atoms with Crippen molar-refractivity contribution >= 4 is 23.1 Å². The van der Waals surface area contributed by atoms with Crippen molar-refractivity contribution in [3.05, 3.63) is 35.8 Å². The summed E-state index contributed by atoms with van der Waals surface area (Å²) in [5.74, 6) is -8.82. The van der Waals surface area contributed by atoms with E-state index in [4.69, 9.17) is 10.5 Å². The summed E-state index contributed by atoms with van der Waals surface area (Å²) in [5.41, 5.74) is 7.92. The summed E-state index contributed by atoms with van der Waals surface area (Å²) in [5, 5.41) is 6.89. The average Bonchev–Trinajstić information content (AvgIpc) is 3.25. The van der Waals surface area contributed by atoms with Crippen LogP contribution in [0.25, 0.3) is 16.8 Å². The molecular weight excluding hydrogens is 579 g/mol. The molecule has 1 unspecified atom stereocenters. The fraction of sp³-hybridized carbons (Fsp3) is 0.519. The van der Waals surface area contributed by atoms with Crippen LogP contribution in [0.4, 0.5) is 27.8 Å². The number of nitrogens with zero attached hydrogens (tertiary/aromatic N) is 6. The number of carbonyl (C=O) groups excluding carboxylic acids is 2. The van der Waals surface area contributed by atoms with Crippen molar-refractivity contribution in [3.8, 4) is 17.1 Å². The number of likely N-dealkylation sites (tertiary alicyclic amines) is 2. The van der Waals surface area contributed by atoms with Crippen molar-refractivity contribution in [2.45, 2.75) is 49.9 Å². The number of carbonyl (C=O) groups is 2. The highest BCUT2D eigenvalue weighted by Gasteiger charge is 2.63. The predicted octanol–water partition coefficient (Wildman–Crippen LogP) is 2.55. The number of pyridine rings is 1. The lowest BCUT2D eigenvalue weighted by atomic mass is 10.0. The second-order valence-corrected chi connectivity index (χ2v) is 11.2. The largest absolute Gasteiger partial charge is 0.480 e. The number of piperidine rings is 1. The van der Waals surface area contributed by atoms with Gasteiger partial charge in [-0.25, -0.2) is 36.4 Å². The molecule has 0 bridgehead atoms. The lowest BCUT2D eigenvalue weighted by molar-refractivity contribution is -0.134. The molecule has 3 atom stereocenters. The fourth-order valence-electron chi connectivity index (χ4n) is 5.79. The zero-order chi connectivity index (χ0) is 30.7. The van der Waals surface area contributed by atoms with Crippen LogP contribution in [0.3, 0.4) is 0 Å². The van der Waals surface area contributed by atoms with Gasteiger partial charge in [-0.3, -0.25) is 14.5 Å². The highest BCUT2D eigenvalue weighted by atomic mass is 19.3. The van der Waals surface area contributed by atoms with Gasteiger partial charge in [0.1, 0.15) is 29.5 Å². The molecular formula is C27H29F5N8O3. The molecule has 3 aliphatic rings. The van der Waals surface area contributed by atoms with Crippen LogP contribution in [0.1, 0.15) is 35.2 Å². The Morgan fingerprint density at radius 2 is 1.88 bits per heavy atom. The molecule has 3 fully saturated rings. The molecule has 0 radical (unpaired) electrons. The van der Waals surface area contributed by atoms with E-state index in [1.807, 2.05) is 4.90 Å². The zero-order valence-corrected chi connectivity index (χ0v) is 23.1. The van der Waals surface area contributed by atoms with Crippen LogP contribution >= 0.6 is 0 Å². The van der Waals surface area contributed by atoms with Gasteiger partial charge < -0.3 is 20.7 Å². The van der Waals surface area contributed by atoms with Gasteiger partial charge in [-0.1, -0.05) is 0 Å². The number of nitrogen functional groups attached to an aromatic ring is 1. The molecule has 3 aromatic rings. The molecule has 3 aromatic heterocycles. The topological polar surface area (TPSA) is 131 Å². The van der Waals surface area contributed by atoms with Crippen LogP contribution < -0.4 is 15.8 Å². The normalized spacial score (nSPS) is 24.7. The Morgan fingerprint density at radius 1 is 1.16 bits per heavy atom. The van der Waals surface area contributed by atoms with Gasteiger partial charge in [-0.15, -0.1) is 0 Å². The Labute approximate surface area is 242 Å². The minimum absolute atomic E-state index is 0.0588. The third-order valence-electron chi connectivity index (χ3n) is 8.26. The molecule has 2 amide bonds. The SMILES string of the molecule is COc1nccc(-c2cc(CN3CCC(F)(F)CC3)c3c(N)ncnn23)c1C(=O)N[C@@H]1CN(C(=O)C2CC2(F)F)C[C@@H]1F. The van der Waals surface area contributed by atoms with Gasteiger partial charge >= 0.3 is 0 Å². The summed E-state index contributed by atoms with van der Waals surface area (Å²) in [4.78, 5) is 37.2. The second-order valence-electron chi connectivity index (χ2n) is 11.2. The Morgan fingerprint density at radius 3 is 2.56 bits per heavy atom. The van der Waals surface area contributed by atoms with Crippen molar-refractivity contribution in [1.82, 2.24) is 34.7 Å². The van der Waals surface area contributed by atoms with E-state index >= 15 is 0 Å². The number of nitrogens with two attached hydrogens (primary N) is 1. The van der Waals surface area contributed by atoms with Crippen LogP contribution in [0, 0.1) is 5.92 Å². The van der Waals surface area contributed by atoms with Crippen LogP contribution in [-0.4, -0.2) is 98.5 Å². The molecule has 0 spiro atoms. The Balaban J connectivity index is 1.30. The molecule has 11 nitrogen and oxygen atoms in total. The van der Waals surface area contributed by atoms with Crippen LogP contribution in [0.5, 0.6) is 5.88 Å². The van der Waals surface area contributed by atoms with E-state index in [-0.39, 0.29) is 56.3 Å². The molecule has 2 saturated heterocycles.